The van der Waals surface area contributed by atoms with Gasteiger partial charge in [0.05, 0.1) is 11.7 Å². The van der Waals surface area contributed by atoms with Crippen molar-refractivity contribution >= 4 is 11.7 Å². The molecule has 0 aliphatic carbocycles. The van der Waals surface area contributed by atoms with Crippen molar-refractivity contribution in [3.63, 3.8) is 0 Å². The molecule has 1 aromatic rings. The Kier molecular flexibility index (Phi) is 4.10. The molecule has 0 fully saturated rings. The van der Waals surface area contributed by atoms with Gasteiger partial charge >= 0.3 is 29.6 Å². The fourth-order valence-corrected chi connectivity index (χ4v) is 0.588. The Morgan fingerprint density at radius 3 is 2.64 bits per heavy atom. The smallest absolute Gasteiger partial charge is 0.543 e. The molecule has 0 aromatic carbocycles. The number of nitrogens with zero attached hydrogens (tertiary/aromatic N) is 1. The molecular formula is C6H5N2NaO2. The molecule has 0 radical (unpaired) electrons. The standard InChI is InChI=1S/C6H6N2O2.Na/c7-4-2-1-3-8-5(4)6(9)10;/h1-3H,7H2,(H,9,10);/q;+1/p-1. The van der Waals surface area contributed by atoms with Crippen molar-refractivity contribution in [3.05, 3.63) is 24.0 Å². The molecule has 0 aliphatic rings. The number of aromatic carboxylic acids is 1. The summed E-state index contributed by atoms with van der Waals surface area (Å²) in [5.74, 6) is -1.35. The third kappa shape index (κ3) is 2.49. The minimum absolute atomic E-state index is 0. The predicted molar refractivity (Wildman–Crippen MR) is 33.0 cm³/mol. The molecule has 0 unspecified atom stereocenters. The van der Waals surface area contributed by atoms with Crippen LogP contribution in [0.3, 0.4) is 0 Å². The van der Waals surface area contributed by atoms with E-state index < -0.39 is 5.97 Å². The quantitative estimate of drug-likeness (QED) is 0.425. The van der Waals surface area contributed by atoms with Gasteiger partial charge in [-0.1, -0.05) is 0 Å². The van der Waals surface area contributed by atoms with Crippen LogP contribution in [-0.4, -0.2) is 11.0 Å². The summed E-state index contributed by atoms with van der Waals surface area (Å²) in [4.78, 5) is 13.7. The van der Waals surface area contributed by atoms with Crippen molar-refractivity contribution in [2.75, 3.05) is 5.73 Å². The maximum Gasteiger partial charge on any atom is 1.00 e. The topological polar surface area (TPSA) is 79.0 Å². The number of nitrogens with two attached hydrogens (primary N) is 1. The SMILES string of the molecule is Nc1cccnc1C(=O)[O-].[Na+]. The van der Waals surface area contributed by atoms with Crippen LogP contribution in [-0.2, 0) is 0 Å². The van der Waals surface area contributed by atoms with Crippen molar-refractivity contribution in [2.24, 2.45) is 0 Å². The number of carboxylic acids is 1. The van der Waals surface area contributed by atoms with Gasteiger partial charge in [-0.3, -0.25) is 4.98 Å². The predicted octanol–water partition coefficient (Wildman–Crippen LogP) is -3.97. The van der Waals surface area contributed by atoms with Crippen LogP contribution in [0.4, 0.5) is 5.69 Å². The van der Waals surface area contributed by atoms with Crippen molar-refractivity contribution < 1.29 is 39.5 Å². The first-order chi connectivity index (χ1) is 4.72. The second-order valence-corrected chi connectivity index (χ2v) is 1.73. The van der Waals surface area contributed by atoms with Crippen molar-refractivity contribution in [1.29, 1.82) is 0 Å². The van der Waals surface area contributed by atoms with E-state index in [4.69, 9.17) is 5.73 Å². The first-order valence-corrected chi connectivity index (χ1v) is 2.63. The number of carboxylic acid groups (broad SMARTS) is 1. The molecule has 0 amide bonds. The largest absolute Gasteiger partial charge is 1.00 e. The number of rotatable bonds is 1. The third-order valence-corrected chi connectivity index (χ3v) is 1.03. The molecule has 52 valence electrons. The second-order valence-electron chi connectivity index (χ2n) is 1.73. The van der Waals surface area contributed by atoms with Gasteiger partial charge < -0.3 is 15.6 Å². The zero-order valence-electron chi connectivity index (χ0n) is 6.07. The Balaban J connectivity index is 0.000001000. The van der Waals surface area contributed by atoms with Gasteiger partial charge in [-0.25, -0.2) is 0 Å². The van der Waals surface area contributed by atoms with Crippen LogP contribution < -0.4 is 40.4 Å². The van der Waals surface area contributed by atoms with Gasteiger partial charge in [0.15, 0.2) is 0 Å². The number of pyridine rings is 1. The molecule has 11 heavy (non-hydrogen) atoms. The van der Waals surface area contributed by atoms with Crippen LogP contribution in [0.5, 0.6) is 0 Å². The molecule has 0 aliphatic heterocycles. The summed E-state index contributed by atoms with van der Waals surface area (Å²) < 4.78 is 0. The van der Waals surface area contributed by atoms with Gasteiger partial charge in [0.2, 0.25) is 0 Å². The summed E-state index contributed by atoms with van der Waals surface area (Å²) >= 11 is 0. The normalized spacial score (nSPS) is 8.36. The van der Waals surface area contributed by atoms with E-state index in [1.807, 2.05) is 0 Å². The number of carbonyl (C=O) groups excluding carboxylic acids is 1. The minimum atomic E-state index is -1.35. The Morgan fingerprint density at radius 1 is 1.64 bits per heavy atom. The van der Waals surface area contributed by atoms with Crippen LogP contribution in [0, 0.1) is 0 Å². The van der Waals surface area contributed by atoms with E-state index >= 15 is 0 Å². The molecule has 2 N–H and O–H groups in total. The molecule has 5 heteroatoms. The second kappa shape index (κ2) is 4.33. The Bertz CT molecular complexity index is 265. The summed E-state index contributed by atoms with van der Waals surface area (Å²) in [5, 5.41) is 10.2. The third-order valence-electron chi connectivity index (χ3n) is 1.03. The van der Waals surface area contributed by atoms with Crippen molar-refractivity contribution in [3.8, 4) is 0 Å². The summed E-state index contributed by atoms with van der Waals surface area (Å²) in [5.41, 5.74) is 5.16. The van der Waals surface area contributed by atoms with Crippen LogP contribution in [0.1, 0.15) is 10.5 Å². The van der Waals surface area contributed by atoms with Crippen LogP contribution in [0.2, 0.25) is 0 Å². The van der Waals surface area contributed by atoms with E-state index in [1.54, 1.807) is 6.07 Å². The van der Waals surface area contributed by atoms with E-state index in [0.717, 1.165) is 0 Å². The summed E-state index contributed by atoms with van der Waals surface area (Å²) in [6.07, 6.45) is 1.35. The van der Waals surface area contributed by atoms with E-state index in [2.05, 4.69) is 4.98 Å². The molecular weight excluding hydrogens is 155 g/mol. The molecule has 1 heterocycles. The van der Waals surface area contributed by atoms with Crippen molar-refractivity contribution in [2.45, 2.75) is 0 Å². The van der Waals surface area contributed by atoms with Gasteiger partial charge in [0.1, 0.15) is 5.69 Å². The molecule has 0 spiro atoms. The molecule has 4 nitrogen and oxygen atoms in total. The average Bonchev–Trinajstić information content (AvgIpc) is 1.88. The zero-order valence-corrected chi connectivity index (χ0v) is 8.07. The van der Waals surface area contributed by atoms with Gasteiger partial charge in [-0.2, -0.15) is 0 Å². The van der Waals surface area contributed by atoms with Gasteiger partial charge in [-0.15, -0.1) is 0 Å². The number of carbonyl (C=O) groups is 1. The first kappa shape index (κ1) is 10.4. The maximum absolute atomic E-state index is 10.2. The Morgan fingerprint density at radius 2 is 2.27 bits per heavy atom. The summed E-state index contributed by atoms with van der Waals surface area (Å²) in [6.45, 7) is 0. The number of nitrogen functional groups attached to an aromatic ring is 1. The first-order valence-electron chi connectivity index (χ1n) is 2.63. The molecule has 0 bridgehead atoms. The Hall–Kier alpha value is -0.580. The summed E-state index contributed by atoms with van der Waals surface area (Å²) in [7, 11) is 0. The monoisotopic (exact) mass is 160 g/mol. The zero-order chi connectivity index (χ0) is 7.56. The fourth-order valence-electron chi connectivity index (χ4n) is 0.588. The molecule has 0 saturated heterocycles. The van der Waals surface area contributed by atoms with Crippen molar-refractivity contribution in [1.82, 2.24) is 4.98 Å². The number of hydrogen-bond donors (Lipinski definition) is 1. The molecule has 1 aromatic heterocycles. The van der Waals surface area contributed by atoms with E-state index in [9.17, 15) is 9.90 Å². The summed E-state index contributed by atoms with van der Waals surface area (Å²) in [6, 6.07) is 3.01. The molecule has 0 atom stereocenters. The van der Waals surface area contributed by atoms with E-state index in [1.165, 1.54) is 12.3 Å². The number of anilines is 1. The number of aromatic nitrogens is 1. The number of hydrogen-bond acceptors (Lipinski definition) is 4. The Labute approximate surface area is 85.7 Å². The molecule has 0 saturated carbocycles. The van der Waals surface area contributed by atoms with Crippen LogP contribution >= 0.6 is 0 Å². The van der Waals surface area contributed by atoms with Crippen LogP contribution in [0.25, 0.3) is 0 Å². The van der Waals surface area contributed by atoms with E-state index in [-0.39, 0.29) is 40.9 Å². The van der Waals surface area contributed by atoms with Gasteiger partial charge in [0, 0.05) is 6.20 Å². The fraction of sp³-hybridized carbons (Fsp3) is 0. The average molecular weight is 160 g/mol. The van der Waals surface area contributed by atoms with Gasteiger partial charge in [-0.05, 0) is 12.1 Å². The van der Waals surface area contributed by atoms with E-state index in [0.29, 0.717) is 0 Å². The minimum Gasteiger partial charge on any atom is -0.543 e. The molecule has 1 rings (SSSR count). The van der Waals surface area contributed by atoms with Crippen LogP contribution in [0.15, 0.2) is 18.3 Å². The maximum atomic E-state index is 10.2. The van der Waals surface area contributed by atoms with Gasteiger partial charge in [0.25, 0.3) is 0 Å².